The van der Waals surface area contributed by atoms with Crippen LogP contribution < -0.4 is 5.73 Å². The minimum absolute atomic E-state index is 0. The third-order valence-electron chi connectivity index (χ3n) is 8.50. The fraction of sp³-hybridized carbons (Fsp3) is 0.179. The maximum atomic E-state index is 14.3. The number of carbonyl (C=O) groups excluding carboxylic acids is 1. The Morgan fingerprint density at radius 1 is 0.776 bits per heavy atom. The van der Waals surface area contributed by atoms with Crippen molar-refractivity contribution in [3.63, 3.8) is 0 Å². The quantitative estimate of drug-likeness (QED) is 0.161. The molecule has 0 aliphatic carbocycles. The van der Waals surface area contributed by atoms with Gasteiger partial charge in [0.1, 0.15) is 11.6 Å². The van der Waals surface area contributed by atoms with Crippen LogP contribution in [0.2, 0.25) is 10.0 Å². The van der Waals surface area contributed by atoms with E-state index < -0.39 is 11.6 Å². The zero-order chi connectivity index (χ0) is 33.2. The van der Waals surface area contributed by atoms with Crippen molar-refractivity contribution in [3.8, 4) is 0 Å². The van der Waals surface area contributed by atoms with E-state index in [-0.39, 0.29) is 54.6 Å². The molecule has 0 bridgehead atoms. The molecule has 0 radical (unpaired) electrons. The Hall–Kier alpha value is -3.83. The van der Waals surface area contributed by atoms with Gasteiger partial charge in [-0.05, 0) is 84.7 Å². The van der Waals surface area contributed by atoms with E-state index in [1.165, 1.54) is 18.2 Å². The Kier molecular flexibility index (Phi) is 12.6. The number of aliphatic imine (C=N–C) groups is 3. The maximum Gasteiger partial charge on any atom is 0.196 e. The van der Waals surface area contributed by atoms with Crippen LogP contribution in [-0.4, -0.2) is 36.0 Å². The van der Waals surface area contributed by atoms with Crippen LogP contribution in [-0.2, 0) is 0 Å². The number of hydrogen-bond donors (Lipinski definition) is 1. The van der Waals surface area contributed by atoms with Crippen molar-refractivity contribution in [3.05, 3.63) is 164 Å². The van der Waals surface area contributed by atoms with Crippen LogP contribution in [0.4, 0.5) is 8.78 Å². The van der Waals surface area contributed by atoms with E-state index in [0.717, 1.165) is 39.3 Å². The van der Waals surface area contributed by atoms with Gasteiger partial charge >= 0.3 is 0 Å². The van der Waals surface area contributed by atoms with Crippen LogP contribution in [0, 0.1) is 11.6 Å². The van der Waals surface area contributed by atoms with Crippen LogP contribution >= 0.6 is 47.2 Å². The van der Waals surface area contributed by atoms with Crippen molar-refractivity contribution in [1.82, 2.24) is 0 Å². The molecule has 252 valence electrons. The number of benzene rings is 4. The third kappa shape index (κ3) is 7.67. The summed E-state index contributed by atoms with van der Waals surface area (Å²) in [6.45, 7) is 4.75. The highest BCUT2D eigenvalue weighted by Crippen LogP contribution is 2.38. The fourth-order valence-corrected chi connectivity index (χ4v) is 6.59. The van der Waals surface area contributed by atoms with Gasteiger partial charge in [0.05, 0.1) is 17.8 Å². The Morgan fingerprint density at radius 2 is 1.39 bits per heavy atom. The monoisotopic (exact) mass is 810 g/mol. The first-order valence-corrected chi connectivity index (χ1v) is 15.8. The van der Waals surface area contributed by atoms with Gasteiger partial charge in [-0.3, -0.25) is 19.8 Å². The average Bonchev–Trinajstić information content (AvgIpc) is 3.58. The molecule has 3 heterocycles. The first kappa shape index (κ1) is 38.0. The fourth-order valence-electron chi connectivity index (χ4n) is 6.25. The number of hydrogen-bond acceptors (Lipinski definition) is 5. The molecule has 7 rings (SSSR count). The normalized spacial score (nSPS) is 17.2. The molecule has 3 aliphatic heterocycles. The lowest BCUT2D eigenvalue weighted by atomic mass is 9.84. The molecule has 2 atom stereocenters. The predicted molar refractivity (Wildman–Crippen MR) is 209 cm³/mol. The average molecular weight is 812 g/mol. The number of carbonyl (C=O) groups is 1. The van der Waals surface area contributed by atoms with Gasteiger partial charge in [-0.25, -0.2) is 8.78 Å². The van der Waals surface area contributed by atoms with E-state index in [1.807, 2.05) is 44.3 Å². The highest BCUT2D eigenvalue weighted by atomic mass is 127. The molecule has 4 aromatic rings. The van der Waals surface area contributed by atoms with Gasteiger partial charge in [0, 0.05) is 68.9 Å². The molecule has 0 amide bonds. The molecule has 0 spiro atoms. The zero-order valence-corrected chi connectivity index (χ0v) is 29.9. The Labute approximate surface area is 312 Å². The van der Waals surface area contributed by atoms with Crippen LogP contribution in [0.1, 0.15) is 71.3 Å². The second-order valence-electron chi connectivity index (χ2n) is 11.4. The highest BCUT2D eigenvalue weighted by Gasteiger charge is 2.31. The van der Waals surface area contributed by atoms with E-state index >= 15 is 0 Å². The molecule has 0 saturated heterocycles. The van der Waals surface area contributed by atoms with Crippen LogP contribution in [0.25, 0.3) is 0 Å². The summed E-state index contributed by atoms with van der Waals surface area (Å²) in [4.78, 5) is 26.4. The molecule has 2 unspecified atom stereocenters. The minimum Gasteiger partial charge on any atom is -0.327 e. The van der Waals surface area contributed by atoms with Crippen molar-refractivity contribution >= 4 is 70.1 Å². The van der Waals surface area contributed by atoms with E-state index in [4.69, 9.17) is 33.9 Å². The standard InChI is InChI=1S/C19H16ClFN2O.C19H14ClFN2.CH4.HI/c1-11-18(12(9-22)10-23-11)14-7-6-13(20)8-16(14)19(24)15-4-2-3-5-17(15)21;1-11-18-12(9-22-11)10-23-19(15-4-2-3-5-17(15)21)16-8-13(20)6-7-14(16)18;;/h2-8,10,18H,9,22H2,1H3;2-9,18H,10H2,1H3;1H4;1H. The smallest absolute Gasteiger partial charge is 0.196 e. The van der Waals surface area contributed by atoms with Crippen LogP contribution in [0.15, 0.2) is 123 Å². The first-order valence-electron chi connectivity index (χ1n) is 15.0. The molecule has 10 heteroatoms. The summed E-state index contributed by atoms with van der Waals surface area (Å²) < 4.78 is 28.4. The molecule has 3 aliphatic rings. The summed E-state index contributed by atoms with van der Waals surface area (Å²) in [5, 5.41) is 1.04. The molecule has 2 N–H and O–H groups in total. The van der Waals surface area contributed by atoms with Gasteiger partial charge in [-0.1, -0.05) is 67.0 Å². The van der Waals surface area contributed by atoms with E-state index in [0.29, 0.717) is 40.0 Å². The lowest BCUT2D eigenvalue weighted by Crippen LogP contribution is -2.18. The lowest BCUT2D eigenvalue weighted by Gasteiger charge is -2.19. The maximum absolute atomic E-state index is 14.3. The molecule has 0 aromatic heterocycles. The van der Waals surface area contributed by atoms with Gasteiger partial charge in [-0.2, -0.15) is 0 Å². The Balaban J connectivity index is 0.000000212. The number of halogens is 5. The summed E-state index contributed by atoms with van der Waals surface area (Å²) >= 11 is 12.3. The van der Waals surface area contributed by atoms with Crippen molar-refractivity contribution in [2.45, 2.75) is 33.1 Å². The van der Waals surface area contributed by atoms with Gasteiger partial charge in [0.2, 0.25) is 0 Å². The first-order chi connectivity index (χ1) is 22.7. The topological polar surface area (TPSA) is 80.2 Å². The lowest BCUT2D eigenvalue weighted by molar-refractivity contribution is 0.103. The van der Waals surface area contributed by atoms with E-state index in [9.17, 15) is 13.6 Å². The highest BCUT2D eigenvalue weighted by molar-refractivity contribution is 14.0. The summed E-state index contributed by atoms with van der Waals surface area (Å²) in [5.41, 5.74) is 14.0. The van der Waals surface area contributed by atoms with Crippen molar-refractivity contribution < 1.29 is 13.6 Å². The molecule has 4 aromatic carbocycles. The summed E-state index contributed by atoms with van der Waals surface area (Å²) in [6, 6.07) is 23.5. The predicted octanol–water partition coefficient (Wildman–Crippen LogP) is 10.1. The van der Waals surface area contributed by atoms with Gasteiger partial charge < -0.3 is 5.73 Å². The molecule has 5 nitrogen and oxygen atoms in total. The Morgan fingerprint density at radius 3 is 2.08 bits per heavy atom. The van der Waals surface area contributed by atoms with Gasteiger partial charge in [0.15, 0.2) is 5.78 Å². The van der Waals surface area contributed by atoms with Crippen molar-refractivity contribution in [1.29, 1.82) is 0 Å². The Bertz CT molecular complexity index is 2070. The number of ketones is 1. The third-order valence-corrected chi connectivity index (χ3v) is 8.97. The number of nitrogens with two attached hydrogens (primary N) is 1. The summed E-state index contributed by atoms with van der Waals surface area (Å²) in [7, 11) is 0. The second kappa shape index (κ2) is 16.3. The van der Waals surface area contributed by atoms with Crippen molar-refractivity contribution in [2.24, 2.45) is 20.7 Å². The zero-order valence-electron chi connectivity index (χ0n) is 26.1. The summed E-state index contributed by atoms with van der Waals surface area (Å²) in [5.74, 6) is -1.31. The van der Waals surface area contributed by atoms with Crippen LogP contribution in [0.5, 0.6) is 0 Å². The SMILES string of the molecule is C.CC1=NC=C(CN)C1c1ccc(Cl)cc1C(=O)c1ccccc1F.CC1=NC=C2CN=C(c3ccccc3F)c3cc(Cl)ccc3C21.I. The summed E-state index contributed by atoms with van der Waals surface area (Å²) in [6.07, 6.45) is 3.61. The second-order valence-corrected chi connectivity index (χ2v) is 12.3. The van der Waals surface area contributed by atoms with Gasteiger partial charge in [0.25, 0.3) is 0 Å². The van der Waals surface area contributed by atoms with Gasteiger partial charge in [-0.15, -0.1) is 24.0 Å². The minimum atomic E-state index is -0.556. The molecule has 0 saturated carbocycles. The molecule has 0 fully saturated rings. The number of nitrogens with zero attached hydrogens (tertiary/aromatic N) is 3. The van der Waals surface area contributed by atoms with E-state index in [1.54, 1.807) is 48.7 Å². The molecule has 49 heavy (non-hydrogen) atoms. The number of rotatable bonds is 5. The largest absolute Gasteiger partial charge is 0.327 e. The molecular formula is C39H35Cl2F2IN4O. The van der Waals surface area contributed by atoms with Crippen LogP contribution in [0.3, 0.4) is 0 Å². The van der Waals surface area contributed by atoms with Crippen molar-refractivity contribution in [2.75, 3.05) is 13.1 Å². The number of fused-ring (bicyclic) bond motifs is 3. The van der Waals surface area contributed by atoms with E-state index in [2.05, 4.69) is 9.98 Å². The molecular weight excluding hydrogens is 776 g/mol.